The molecule has 1 N–H and O–H groups in total. The Morgan fingerprint density at radius 2 is 2.06 bits per heavy atom. The van der Waals surface area contributed by atoms with E-state index >= 15 is 0 Å². The second kappa shape index (κ2) is 4.36. The van der Waals surface area contributed by atoms with Crippen molar-refractivity contribution in [3.8, 4) is 11.3 Å². The zero-order valence-corrected chi connectivity index (χ0v) is 9.83. The number of hydrogen-bond donors (Lipinski definition) is 1. The van der Waals surface area contributed by atoms with E-state index in [1.54, 1.807) is 11.3 Å². The zero-order valence-electron chi connectivity index (χ0n) is 9.02. The summed E-state index contributed by atoms with van der Waals surface area (Å²) >= 11 is 1.74. The lowest BCUT2D eigenvalue weighted by Gasteiger charge is -2.03. The van der Waals surface area contributed by atoms with E-state index < -0.39 is 0 Å². The van der Waals surface area contributed by atoms with Gasteiger partial charge in [0.05, 0.1) is 11.2 Å². The minimum absolute atomic E-state index is 0.755. The first-order chi connectivity index (χ1) is 7.93. The van der Waals surface area contributed by atoms with E-state index in [1.165, 1.54) is 23.3 Å². The smallest absolute Gasteiger partial charge is 0.0856 e. The van der Waals surface area contributed by atoms with Gasteiger partial charge in [0.15, 0.2) is 0 Å². The van der Waals surface area contributed by atoms with Gasteiger partial charge in [-0.15, -0.1) is 11.3 Å². The fourth-order valence-electron chi connectivity index (χ4n) is 1.75. The maximum Gasteiger partial charge on any atom is 0.0856 e. The molecule has 1 aliphatic carbocycles. The van der Waals surface area contributed by atoms with Crippen molar-refractivity contribution in [2.45, 2.75) is 25.4 Å². The van der Waals surface area contributed by atoms with Crippen LogP contribution in [-0.4, -0.2) is 11.0 Å². The van der Waals surface area contributed by atoms with Crippen molar-refractivity contribution >= 4 is 11.3 Å². The fraction of sp³-hybridized carbons (Fsp3) is 0.308. The van der Waals surface area contributed by atoms with Crippen LogP contribution in [0.3, 0.4) is 0 Å². The molecule has 1 heterocycles. The van der Waals surface area contributed by atoms with Gasteiger partial charge in [-0.05, 0) is 12.8 Å². The molecule has 0 unspecified atom stereocenters. The summed E-state index contributed by atoms with van der Waals surface area (Å²) in [5, 5.41) is 3.54. The van der Waals surface area contributed by atoms with E-state index in [-0.39, 0.29) is 0 Å². The standard InChI is InChI=1S/C13H14N2S/c1-2-4-10(5-3-1)13-12(16-9-15-13)8-14-11-6-7-11/h1-5,9,11,14H,6-8H2. The van der Waals surface area contributed by atoms with Crippen molar-refractivity contribution in [3.63, 3.8) is 0 Å². The van der Waals surface area contributed by atoms with E-state index in [1.807, 2.05) is 11.6 Å². The Bertz CT molecular complexity index is 460. The highest BCUT2D eigenvalue weighted by Crippen LogP contribution is 2.26. The largest absolute Gasteiger partial charge is 0.309 e. The van der Waals surface area contributed by atoms with E-state index in [9.17, 15) is 0 Å². The Balaban J connectivity index is 1.81. The molecule has 1 aromatic heterocycles. The minimum Gasteiger partial charge on any atom is -0.309 e. The summed E-state index contributed by atoms with van der Waals surface area (Å²) in [7, 11) is 0. The van der Waals surface area contributed by atoms with E-state index in [0.29, 0.717) is 0 Å². The van der Waals surface area contributed by atoms with Crippen molar-refractivity contribution in [1.82, 2.24) is 10.3 Å². The van der Waals surface area contributed by atoms with E-state index in [0.717, 1.165) is 18.3 Å². The molecule has 3 rings (SSSR count). The molecule has 82 valence electrons. The van der Waals surface area contributed by atoms with Gasteiger partial charge in [-0.2, -0.15) is 0 Å². The van der Waals surface area contributed by atoms with Crippen LogP contribution in [0.4, 0.5) is 0 Å². The number of thiazole rings is 1. The Morgan fingerprint density at radius 3 is 2.81 bits per heavy atom. The van der Waals surface area contributed by atoms with Crippen molar-refractivity contribution in [1.29, 1.82) is 0 Å². The fourth-order valence-corrected chi connectivity index (χ4v) is 2.49. The Morgan fingerprint density at radius 1 is 1.25 bits per heavy atom. The van der Waals surface area contributed by atoms with Crippen molar-refractivity contribution in [2.24, 2.45) is 0 Å². The summed E-state index contributed by atoms with van der Waals surface area (Å²) in [5.74, 6) is 0. The summed E-state index contributed by atoms with van der Waals surface area (Å²) in [4.78, 5) is 5.81. The molecule has 0 radical (unpaired) electrons. The number of rotatable bonds is 4. The van der Waals surface area contributed by atoms with Crippen LogP contribution in [0.15, 0.2) is 35.8 Å². The Kier molecular flexibility index (Phi) is 2.72. The van der Waals surface area contributed by atoms with Crippen molar-refractivity contribution in [2.75, 3.05) is 0 Å². The molecule has 0 spiro atoms. The lowest BCUT2D eigenvalue weighted by molar-refractivity contribution is 0.695. The number of aromatic nitrogens is 1. The molecule has 2 aromatic rings. The quantitative estimate of drug-likeness (QED) is 0.873. The molecular weight excluding hydrogens is 216 g/mol. The normalized spacial score (nSPS) is 15.2. The summed E-state index contributed by atoms with van der Waals surface area (Å²) in [6, 6.07) is 11.2. The van der Waals surface area contributed by atoms with Gasteiger partial charge in [0, 0.05) is 23.0 Å². The first-order valence-corrected chi connectivity index (χ1v) is 6.52. The van der Waals surface area contributed by atoms with Crippen LogP contribution in [0, 0.1) is 0 Å². The first-order valence-electron chi connectivity index (χ1n) is 5.64. The monoisotopic (exact) mass is 230 g/mol. The predicted molar refractivity (Wildman–Crippen MR) is 67.4 cm³/mol. The van der Waals surface area contributed by atoms with Crippen LogP contribution >= 0.6 is 11.3 Å². The highest BCUT2D eigenvalue weighted by Gasteiger charge is 2.21. The molecule has 0 amide bonds. The van der Waals surface area contributed by atoms with Crippen LogP contribution in [-0.2, 0) is 6.54 Å². The van der Waals surface area contributed by atoms with Crippen LogP contribution in [0.25, 0.3) is 11.3 Å². The first kappa shape index (κ1) is 10.00. The lowest BCUT2D eigenvalue weighted by atomic mass is 10.1. The SMILES string of the molecule is c1ccc(-c2ncsc2CNC2CC2)cc1. The third-order valence-corrected chi connectivity index (χ3v) is 3.65. The van der Waals surface area contributed by atoms with Gasteiger partial charge in [0.25, 0.3) is 0 Å². The highest BCUT2D eigenvalue weighted by atomic mass is 32.1. The van der Waals surface area contributed by atoms with Crippen LogP contribution in [0.2, 0.25) is 0 Å². The second-order valence-corrected chi connectivity index (χ2v) is 5.08. The average molecular weight is 230 g/mol. The zero-order chi connectivity index (χ0) is 10.8. The number of benzene rings is 1. The Hall–Kier alpha value is -1.19. The lowest BCUT2D eigenvalue weighted by Crippen LogP contribution is -2.14. The molecule has 2 nitrogen and oxygen atoms in total. The maximum atomic E-state index is 4.46. The summed E-state index contributed by atoms with van der Waals surface area (Å²) in [5.41, 5.74) is 4.29. The molecule has 0 bridgehead atoms. The van der Waals surface area contributed by atoms with E-state index in [2.05, 4.69) is 34.6 Å². The number of nitrogens with zero attached hydrogens (tertiary/aromatic N) is 1. The van der Waals surface area contributed by atoms with Crippen molar-refractivity contribution in [3.05, 3.63) is 40.7 Å². The number of hydrogen-bond acceptors (Lipinski definition) is 3. The maximum absolute atomic E-state index is 4.46. The van der Waals surface area contributed by atoms with E-state index in [4.69, 9.17) is 0 Å². The Labute approximate surface area is 99.4 Å². The minimum atomic E-state index is 0.755. The third-order valence-electron chi connectivity index (χ3n) is 2.82. The molecule has 1 saturated carbocycles. The van der Waals surface area contributed by atoms with Gasteiger partial charge < -0.3 is 5.32 Å². The topological polar surface area (TPSA) is 24.9 Å². The molecule has 1 aliphatic rings. The second-order valence-electron chi connectivity index (χ2n) is 4.15. The molecule has 0 aliphatic heterocycles. The molecule has 1 fully saturated rings. The van der Waals surface area contributed by atoms with Gasteiger partial charge in [-0.25, -0.2) is 4.98 Å². The predicted octanol–water partition coefficient (Wildman–Crippen LogP) is 3.06. The molecule has 3 heteroatoms. The molecule has 0 saturated heterocycles. The highest BCUT2D eigenvalue weighted by molar-refractivity contribution is 7.10. The number of nitrogens with one attached hydrogen (secondary N) is 1. The van der Waals surface area contributed by atoms with Crippen molar-refractivity contribution < 1.29 is 0 Å². The van der Waals surface area contributed by atoms with Crippen LogP contribution in [0.1, 0.15) is 17.7 Å². The van der Waals surface area contributed by atoms with Gasteiger partial charge in [-0.3, -0.25) is 0 Å². The summed E-state index contributed by atoms with van der Waals surface area (Å²) in [6.07, 6.45) is 2.67. The van der Waals surface area contributed by atoms with Crippen LogP contribution in [0.5, 0.6) is 0 Å². The summed E-state index contributed by atoms with van der Waals surface area (Å²) in [6.45, 7) is 0.958. The van der Waals surface area contributed by atoms with Crippen LogP contribution < -0.4 is 5.32 Å². The van der Waals surface area contributed by atoms with Gasteiger partial charge in [-0.1, -0.05) is 30.3 Å². The molecular formula is C13H14N2S. The average Bonchev–Trinajstić information content (AvgIpc) is 3.05. The molecule has 0 atom stereocenters. The van der Waals surface area contributed by atoms with Gasteiger partial charge in [0.2, 0.25) is 0 Å². The third kappa shape index (κ3) is 2.15. The van der Waals surface area contributed by atoms with Gasteiger partial charge in [0.1, 0.15) is 0 Å². The molecule has 16 heavy (non-hydrogen) atoms. The van der Waals surface area contributed by atoms with Gasteiger partial charge >= 0.3 is 0 Å². The summed E-state index contributed by atoms with van der Waals surface area (Å²) < 4.78 is 0. The molecule has 1 aromatic carbocycles.